The largest absolute Gasteiger partial charge is 0.256 e. The summed E-state index contributed by atoms with van der Waals surface area (Å²) in [5, 5.41) is 0. The molecule has 0 bridgehead atoms. The summed E-state index contributed by atoms with van der Waals surface area (Å²) in [7, 11) is 0. The van der Waals surface area contributed by atoms with E-state index in [2.05, 4.69) is 16.6 Å². The number of aryl methyl sites for hydroxylation is 3. The standard InChI is InChI=1S/C15H18N2/c1-5-11-16-15-12(2)9-7-6-8-10-13(3)17-14(15)4/h5-11H,1H2,2-4H3. The Kier molecular flexibility index (Phi) is 5.08. The van der Waals surface area contributed by atoms with E-state index < -0.39 is 0 Å². The maximum atomic E-state index is 4.51. The van der Waals surface area contributed by atoms with Gasteiger partial charge in [-0.1, -0.05) is 36.9 Å². The molecule has 0 amide bonds. The molecule has 1 aromatic rings. The van der Waals surface area contributed by atoms with E-state index in [4.69, 9.17) is 0 Å². The van der Waals surface area contributed by atoms with Gasteiger partial charge in [-0.25, -0.2) is 0 Å². The van der Waals surface area contributed by atoms with Crippen LogP contribution >= 0.6 is 0 Å². The predicted octanol–water partition coefficient (Wildman–Crippen LogP) is 4.02. The molecule has 2 heteroatoms. The molecule has 0 N–H and O–H groups in total. The average molecular weight is 226 g/mol. The Balaban J connectivity index is 3.55. The van der Waals surface area contributed by atoms with E-state index in [9.17, 15) is 0 Å². The third-order valence-electron chi connectivity index (χ3n) is 2.28. The minimum atomic E-state index is 0.893. The lowest BCUT2D eigenvalue weighted by molar-refractivity contribution is 1.13. The molecule has 17 heavy (non-hydrogen) atoms. The van der Waals surface area contributed by atoms with Crippen molar-refractivity contribution in [1.82, 2.24) is 4.98 Å². The zero-order chi connectivity index (χ0) is 12.7. The van der Waals surface area contributed by atoms with Crippen molar-refractivity contribution in [2.45, 2.75) is 20.8 Å². The molecule has 0 radical (unpaired) electrons. The van der Waals surface area contributed by atoms with Crippen LogP contribution in [0.15, 0.2) is 48.0 Å². The van der Waals surface area contributed by atoms with Crippen LogP contribution in [0.3, 0.4) is 0 Å². The maximum Gasteiger partial charge on any atom is 0.0870 e. The highest BCUT2D eigenvalue weighted by atomic mass is 14.8. The smallest absolute Gasteiger partial charge is 0.0870 e. The van der Waals surface area contributed by atoms with E-state index in [1.807, 2.05) is 51.1 Å². The topological polar surface area (TPSA) is 25.2 Å². The number of aromatic nitrogens is 1. The molecule has 0 aliphatic carbocycles. The van der Waals surface area contributed by atoms with Gasteiger partial charge in [0.1, 0.15) is 0 Å². The summed E-state index contributed by atoms with van der Waals surface area (Å²) in [6.45, 7) is 9.60. The predicted molar refractivity (Wildman–Crippen MR) is 74.4 cm³/mol. The number of aliphatic imine (C=N–C) groups is 1. The van der Waals surface area contributed by atoms with Crippen LogP contribution in [0.25, 0.3) is 0 Å². The molecule has 88 valence electrons. The second-order valence-corrected chi connectivity index (χ2v) is 3.79. The van der Waals surface area contributed by atoms with Gasteiger partial charge in [-0.3, -0.25) is 9.98 Å². The maximum absolute atomic E-state index is 4.51. The van der Waals surface area contributed by atoms with Gasteiger partial charge >= 0.3 is 0 Å². The number of hydrogen-bond acceptors (Lipinski definition) is 2. The Morgan fingerprint density at radius 3 is 2.53 bits per heavy atom. The molecule has 1 heterocycles. The Morgan fingerprint density at radius 1 is 1.12 bits per heavy atom. The summed E-state index contributed by atoms with van der Waals surface area (Å²) in [4.78, 5) is 8.88. The summed E-state index contributed by atoms with van der Waals surface area (Å²) < 4.78 is 0. The molecular formula is C15H18N2. The molecule has 1 aromatic heterocycles. The van der Waals surface area contributed by atoms with Crippen LogP contribution in [0.2, 0.25) is 0 Å². The zero-order valence-electron chi connectivity index (χ0n) is 10.6. The Labute approximate surface area is 103 Å². The minimum absolute atomic E-state index is 0.893. The van der Waals surface area contributed by atoms with Gasteiger partial charge in [0.05, 0.1) is 11.4 Å². The van der Waals surface area contributed by atoms with E-state index in [1.54, 1.807) is 12.3 Å². The third-order valence-corrected chi connectivity index (χ3v) is 2.28. The van der Waals surface area contributed by atoms with E-state index in [0.29, 0.717) is 0 Å². The summed E-state index contributed by atoms with van der Waals surface area (Å²) in [5.41, 5.74) is 3.86. The quantitative estimate of drug-likeness (QED) is 0.699. The first-order chi connectivity index (χ1) is 8.15. The van der Waals surface area contributed by atoms with Crippen molar-refractivity contribution >= 4 is 11.9 Å². The second-order valence-electron chi connectivity index (χ2n) is 3.79. The Hall–Kier alpha value is -1.96. The van der Waals surface area contributed by atoms with E-state index >= 15 is 0 Å². The molecule has 0 saturated carbocycles. The second kappa shape index (κ2) is 6.59. The third kappa shape index (κ3) is 4.19. The van der Waals surface area contributed by atoms with Crippen LogP contribution in [0.5, 0.6) is 0 Å². The molecule has 0 aliphatic rings. The van der Waals surface area contributed by atoms with Gasteiger partial charge in [0.15, 0.2) is 0 Å². The molecule has 0 unspecified atom stereocenters. The van der Waals surface area contributed by atoms with Gasteiger partial charge in [-0.05, 0) is 32.4 Å². The monoisotopic (exact) mass is 226 g/mol. The molecule has 0 aliphatic heterocycles. The SMILES string of the molecule is C=CC=Nc1c(C)cccccc(C)nc1C. The average Bonchev–Trinajstić information content (AvgIpc) is 2.28. The van der Waals surface area contributed by atoms with Crippen LogP contribution in [-0.2, 0) is 0 Å². The van der Waals surface area contributed by atoms with Crippen LogP contribution in [0, 0.1) is 20.8 Å². The zero-order valence-corrected chi connectivity index (χ0v) is 10.6. The highest BCUT2D eigenvalue weighted by molar-refractivity contribution is 5.74. The highest BCUT2D eigenvalue weighted by Gasteiger charge is 1.97. The van der Waals surface area contributed by atoms with Crippen LogP contribution in [-0.4, -0.2) is 11.2 Å². The summed E-state index contributed by atoms with van der Waals surface area (Å²) >= 11 is 0. The van der Waals surface area contributed by atoms with Crippen LogP contribution < -0.4 is 0 Å². The van der Waals surface area contributed by atoms with Crippen LogP contribution in [0.1, 0.15) is 17.0 Å². The molecule has 0 fully saturated rings. The summed E-state index contributed by atoms with van der Waals surface area (Å²) in [6, 6.07) is 9.97. The van der Waals surface area contributed by atoms with E-state index in [1.165, 1.54) is 0 Å². The lowest BCUT2D eigenvalue weighted by Gasteiger charge is -2.00. The number of hydrogen-bond donors (Lipinski definition) is 0. The number of allylic oxidation sites excluding steroid dienone is 1. The van der Waals surface area contributed by atoms with Crippen molar-refractivity contribution in [3.05, 3.63) is 59.9 Å². The van der Waals surface area contributed by atoms with Gasteiger partial charge in [0.2, 0.25) is 0 Å². The van der Waals surface area contributed by atoms with E-state index in [0.717, 1.165) is 22.6 Å². The van der Waals surface area contributed by atoms with Gasteiger partial charge in [0.25, 0.3) is 0 Å². The molecule has 0 spiro atoms. The normalized spacial score (nSPS) is 10.1. The first-order valence-corrected chi connectivity index (χ1v) is 5.58. The molecule has 0 atom stereocenters. The lowest BCUT2D eigenvalue weighted by atomic mass is 10.2. The van der Waals surface area contributed by atoms with Crippen molar-refractivity contribution in [2.24, 2.45) is 4.99 Å². The molecule has 2 nitrogen and oxygen atoms in total. The van der Waals surface area contributed by atoms with Gasteiger partial charge in [-0.15, -0.1) is 0 Å². The molecule has 0 saturated heterocycles. The van der Waals surface area contributed by atoms with Crippen molar-refractivity contribution in [3.63, 3.8) is 0 Å². The fourth-order valence-corrected chi connectivity index (χ4v) is 1.50. The van der Waals surface area contributed by atoms with Crippen molar-refractivity contribution < 1.29 is 0 Å². The Bertz CT molecular complexity index is 486. The first-order valence-electron chi connectivity index (χ1n) is 5.58. The van der Waals surface area contributed by atoms with Crippen molar-refractivity contribution in [1.29, 1.82) is 0 Å². The lowest BCUT2D eigenvalue weighted by Crippen LogP contribution is -1.84. The minimum Gasteiger partial charge on any atom is -0.256 e. The van der Waals surface area contributed by atoms with Gasteiger partial charge in [-0.2, -0.15) is 0 Å². The highest BCUT2D eigenvalue weighted by Crippen LogP contribution is 2.18. The van der Waals surface area contributed by atoms with Crippen LogP contribution in [0.4, 0.5) is 5.69 Å². The fraction of sp³-hybridized carbons (Fsp3) is 0.200. The Morgan fingerprint density at radius 2 is 1.82 bits per heavy atom. The molecule has 1 rings (SSSR count). The molecular weight excluding hydrogens is 208 g/mol. The van der Waals surface area contributed by atoms with Gasteiger partial charge in [0, 0.05) is 11.9 Å². The fourth-order valence-electron chi connectivity index (χ4n) is 1.50. The van der Waals surface area contributed by atoms with Gasteiger partial charge < -0.3 is 0 Å². The summed E-state index contributed by atoms with van der Waals surface area (Å²) in [6.07, 6.45) is 3.35. The van der Waals surface area contributed by atoms with Crippen molar-refractivity contribution in [2.75, 3.05) is 0 Å². The first kappa shape index (κ1) is 13.1. The van der Waals surface area contributed by atoms with E-state index in [-0.39, 0.29) is 0 Å². The van der Waals surface area contributed by atoms with Crippen molar-refractivity contribution in [3.8, 4) is 0 Å². The molecule has 0 aromatic carbocycles. The summed E-state index contributed by atoms with van der Waals surface area (Å²) in [5.74, 6) is 0. The number of nitrogens with zero attached hydrogens (tertiary/aromatic N) is 2. The number of rotatable bonds is 2.